The summed E-state index contributed by atoms with van der Waals surface area (Å²) < 4.78 is 6.19. The van der Waals surface area contributed by atoms with Crippen molar-refractivity contribution in [3.63, 3.8) is 0 Å². The molecule has 1 saturated heterocycles. The van der Waals surface area contributed by atoms with E-state index in [1.54, 1.807) is 0 Å². The number of piperazine rings is 1. The number of aliphatic hydroxyl groups is 1. The molecule has 2 rings (SSSR count). The lowest BCUT2D eigenvalue weighted by Crippen LogP contribution is -2.49. The molecule has 136 valence electrons. The molecule has 4 heteroatoms. The highest BCUT2D eigenvalue weighted by Crippen LogP contribution is 2.35. The van der Waals surface area contributed by atoms with E-state index < -0.39 is 0 Å². The molecule has 4 nitrogen and oxygen atoms in total. The van der Waals surface area contributed by atoms with Gasteiger partial charge in [-0.25, -0.2) is 0 Å². The molecular formula is C19H38N2O2. The molecule has 4 atom stereocenters. The van der Waals surface area contributed by atoms with Crippen LogP contribution < -0.4 is 0 Å². The highest BCUT2D eigenvalue weighted by Gasteiger charge is 2.31. The first kappa shape index (κ1) is 19.2. The van der Waals surface area contributed by atoms with Crippen LogP contribution in [0.1, 0.15) is 47.0 Å². The van der Waals surface area contributed by atoms with Gasteiger partial charge in [0.1, 0.15) is 0 Å². The van der Waals surface area contributed by atoms with Crippen molar-refractivity contribution >= 4 is 0 Å². The summed E-state index contributed by atoms with van der Waals surface area (Å²) in [5.74, 6) is 2.09. The molecule has 0 radical (unpaired) electrons. The Balaban J connectivity index is 1.71. The molecule has 0 aromatic heterocycles. The van der Waals surface area contributed by atoms with Crippen molar-refractivity contribution in [1.82, 2.24) is 9.80 Å². The summed E-state index contributed by atoms with van der Waals surface area (Å²) >= 11 is 0. The van der Waals surface area contributed by atoms with Gasteiger partial charge in [0, 0.05) is 32.7 Å². The van der Waals surface area contributed by atoms with Crippen LogP contribution in [0.25, 0.3) is 0 Å². The summed E-state index contributed by atoms with van der Waals surface area (Å²) in [5, 5.41) is 10.4. The van der Waals surface area contributed by atoms with Crippen LogP contribution >= 0.6 is 0 Å². The van der Waals surface area contributed by atoms with Crippen LogP contribution in [0.3, 0.4) is 0 Å². The summed E-state index contributed by atoms with van der Waals surface area (Å²) in [6.07, 6.45) is 3.74. The van der Waals surface area contributed by atoms with Gasteiger partial charge in [-0.1, -0.05) is 34.1 Å². The van der Waals surface area contributed by atoms with Crippen LogP contribution in [0.15, 0.2) is 0 Å². The average Bonchev–Trinajstić information content (AvgIpc) is 2.53. The number of ether oxygens (including phenoxy) is 1. The van der Waals surface area contributed by atoms with E-state index in [0.29, 0.717) is 24.5 Å². The molecule has 2 aliphatic rings. The Morgan fingerprint density at radius 1 is 1.09 bits per heavy atom. The number of likely N-dealkylation sites (N-methyl/N-ethyl adjacent to an activating group) is 1. The van der Waals surface area contributed by atoms with Crippen molar-refractivity contribution in [2.24, 2.45) is 17.8 Å². The molecule has 1 heterocycles. The second-order valence-electron chi connectivity index (χ2n) is 8.09. The van der Waals surface area contributed by atoms with E-state index in [2.05, 4.69) is 37.5 Å². The van der Waals surface area contributed by atoms with Crippen molar-refractivity contribution in [3.8, 4) is 0 Å². The normalized spacial score (nSPS) is 32.3. The minimum Gasteiger partial charge on any atom is -0.389 e. The van der Waals surface area contributed by atoms with E-state index in [-0.39, 0.29) is 6.10 Å². The maximum absolute atomic E-state index is 10.4. The predicted molar refractivity (Wildman–Crippen MR) is 95.6 cm³/mol. The van der Waals surface area contributed by atoms with E-state index in [4.69, 9.17) is 4.74 Å². The summed E-state index contributed by atoms with van der Waals surface area (Å²) in [6.45, 7) is 15.9. The number of aliphatic hydroxyl groups excluding tert-OH is 1. The van der Waals surface area contributed by atoms with Gasteiger partial charge in [0.2, 0.25) is 0 Å². The molecular weight excluding hydrogens is 288 g/mol. The monoisotopic (exact) mass is 326 g/mol. The number of hydrogen-bond donors (Lipinski definition) is 1. The lowest BCUT2D eigenvalue weighted by molar-refractivity contribution is -0.0753. The zero-order valence-corrected chi connectivity index (χ0v) is 15.7. The van der Waals surface area contributed by atoms with E-state index >= 15 is 0 Å². The minimum absolute atomic E-state index is 0.338. The Labute approximate surface area is 143 Å². The van der Waals surface area contributed by atoms with Crippen LogP contribution in [0.2, 0.25) is 0 Å². The topological polar surface area (TPSA) is 35.9 Å². The Kier molecular flexibility index (Phi) is 7.80. The van der Waals surface area contributed by atoms with E-state index in [1.165, 1.54) is 12.8 Å². The maximum atomic E-state index is 10.4. The molecule has 0 aromatic carbocycles. The third-order valence-corrected chi connectivity index (χ3v) is 5.85. The van der Waals surface area contributed by atoms with E-state index in [1.807, 2.05) is 0 Å². The third kappa shape index (κ3) is 6.00. The Bertz CT molecular complexity index is 329. The van der Waals surface area contributed by atoms with Crippen LogP contribution in [0, 0.1) is 17.8 Å². The number of nitrogens with zero attached hydrogens (tertiary/aromatic N) is 2. The predicted octanol–water partition coefficient (Wildman–Crippen LogP) is 2.46. The molecule has 1 saturated carbocycles. The van der Waals surface area contributed by atoms with Gasteiger partial charge in [-0.3, -0.25) is 4.90 Å². The second-order valence-corrected chi connectivity index (χ2v) is 8.09. The summed E-state index contributed by atoms with van der Waals surface area (Å²) in [5.41, 5.74) is 0. The van der Waals surface area contributed by atoms with Crippen LogP contribution in [-0.2, 0) is 4.74 Å². The number of rotatable bonds is 7. The molecule has 0 aromatic rings. The molecule has 1 aliphatic carbocycles. The fourth-order valence-corrected chi connectivity index (χ4v) is 4.18. The molecule has 0 amide bonds. The highest BCUT2D eigenvalue weighted by molar-refractivity contribution is 4.82. The van der Waals surface area contributed by atoms with Gasteiger partial charge in [0.15, 0.2) is 0 Å². The van der Waals surface area contributed by atoms with E-state index in [0.717, 1.165) is 51.6 Å². The second kappa shape index (κ2) is 9.36. The number of β-amino-alcohol motifs (C(OH)–C–C–N with tert-alkyl or cyclic N) is 1. The van der Waals surface area contributed by atoms with Crippen molar-refractivity contribution < 1.29 is 9.84 Å². The smallest absolute Gasteiger partial charge is 0.0900 e. The molecule has 2 fully saturated rings. The van der Waals surface area contributed by atoms with Crippen LogP contribution in [0.5, 0.6) is 0 Å². The molecule has 1 aliphatic heterocycles. The van der Waals surface area contributed by atoms with Gasteiger partial charge >= 0.3 is 0 Å². The lowest BCUT2D eigenvalue weighted by Gasteiger charge is -2.38. The van der Waals surface area contributed by atoms with Gasteiger partial charge in [-0.15, -0.1) is 0 Å². The van der Waals surface area contributed by atoms with Gasteiger partial charge in [0.25, 0.3) is 0 Å². The molecule has 23 heavy (non-hydrogen) atoms. The zero-order valence-electron chi connectivity index (χ0n) is 15.7. The molecule has 0 bridgehead atoms. The first-order chi connectivity index (χ1) is 11.0. The van der Waals surface area contributed by atoms with Gasteiger partial charge in [-0.05, 0) is 37.1 Å². The molecule has 1 N–H and O–H groups in total. The van der Waals surface area contributed by atoms with Crippen LogP contribution in [0.4, 0.5) is 0 Å². The van der Waals surface area contributed by atoms with Gasteiger partial charge < -0.3 is 14.7 Å². The zero-order chi connectivity index (χ0) is 16.8. The Morgan fingerprint density at radius 3 is 2.35 bits per heavy atom. The van der Waals surface area contributed by atoms with Crippen LogP contribution in [-0.4, -0.2) is 73.0 Å². The fraction of sp³-hybridized carbons (Fsp3) is 1.00. The van der Waals surface area contributed by atoms with Gasteiger partial charge in [-0.2, -0.15) is 0 Å². The summed E-state index contributed by atoms with van der Waals surface area (Å²) in [7, 11) is 0. The van der Waals surface area contributed by atoms with Crippen molar-refractivity contribution in [3.05, 3.63) is 0 Å². The summed E-state index contributed by atoms with van der Waals surface area (Å²) in [4.78, 5) is 4.85. The summed E-state index contributed by atoms with van der Waals surface area (Å²) in [6, 6.07) is 0. The third-order valence-electron chi connectivity index (χ3n) is 5.85. The standard InChI is InChI=1S/C19H38N2O2/c1-5-20-8-10-21(11-9-20)13-17(22)14-23-19-12-16(4)6-7-18(19)15(2)3/h15-19,22H,5-14H2,1-4H3/t16-,17+,18+,19-/m1/s1. The lowest BCUT2D eigenvalue weighted by atomic mass is 9.75. The quantitative estimate of drug-likeness (QED) is 0.780. The van der Waals surface area contributed by atoms with E-state index in [9.17, 15) is 5.11 Å². The van der Waals surface area contributed by atoms with Gasteiger partial charge in [0.05, 0.1) is 18.8 Å². The minimum atomic E-state index is -0.353. The molecule has 0 unspecified atom stereocenters. The molecule has 0 spiro atoms. The fourth-order valence-electron chi connectivity index (χ4n) is 4.18. The van der Waals surface area contributed by atoms with Crippen molar-refractivity contribution in [1.29, 1.82) is 0 Å². The Morgan fingerprint density at radius 2 is 1.74 bits per heavy atom. The average molecular weight is 327 g/mol. The number of hydrogen-bond acceptors (Lipinski definition) is 4. The highest BCUT2D eigenvalue weighted by atomic mass is 16.5. The first-order valence-electron chi connectivity index (χ1n) is 9.74. The van der Waals surface area contributed by atoms with Crippen molar-refractivity contribution in [2.45, 2.75) is 59.2 Å². The first-order valence-corrected chi connectivity index (χ1v) is 9.74. The largest absolute Gasteiger partial charge is 0.389 e. The SMILES string of the molecule is CCN1CCN(C[C@H](O)CO[C@@H]2C[C@H](C)CC[C@H]2C(C)C)CC1. The van der Waals surface area contributed by atoms with Crippen molar-refractivity contribution in [2.75, 3.05) is 45.9 Å². The Hall–Kier alpha value is -0.160. The maximum Gasteiger partial charge on any atom is 0.0900 e.